The standard InChI is InChI=1S/C23H28N4O/c1-4-18-6-10-20(11-7-18)27-17(3)25-26-23(27)19-8-13-21(14-9-19)28-22-12-5-16(2)24-15-22/h5-7,10-12,15,19,21H,4,8-9,13-14H2,1-3H3/t19-,21-. The molecular formula is C23H28N4O. The van der Waals surface area contributed by atoms with Crippen molar-refractivity contribution < 1.29 is 4.74 Å². The summed E-state index contributed by atoms with van der Waals surface area (Å²) in [4.78, 5) is 4.32. The van der Waals surface area contributed by atoms with E-state index in [1.165, 1.54) is 5.56 Å². The summed E-state index contributed by atoms with van der Waals surface area (Å²) in [6.45, 7) is 6.20. The Morgan fingerprint density at radius 3 is 2.36 bits per heavy atom. The first-order valence-corrected chi connectivity index (χ1v) is 10.2. The van der Waals surface area contributed by atoms with Crippen molar-refractivity contribution in [3.63, 3.8) is 0 Å². The molecule has 0 amide bonds. The van der Waals surface area contributed by atoms with Crippen LogP contribution in [0.15, 0.2) is 42.6 Å². The van der Waals surface area contributed by atoms with Gasteiger partial charge < -0.3 is 4.74 Å². The molecule has 0 N–H and O–H groups in total. The van der Waals surface area contributed by atoms with Crippen LogP contribution < -0.4 is 4.74 Å². The molecule has 5 nitrogen and oxygen atoms in total. The van der Waals surface area contributed by atoms with E-state index >= 15 is 0 Å². The van der Waals surface area contributed by atoms with E-state index in [9.17, 15) is 0 Å². The summed E-state index contributed by atoms with van der Waals surface area (Å²) in [6.07, 6.45) is 7.31. The number of hydrogen-bond acceptors (Lipinski definition) is 4. The van der Waals surface area contributed by atoms with Crippen molar-refractivity contribution in [2.45, 2.75) is 64.9 Å². The summed E-state index contributed by atoms with van der Waals surface area (Å²) in [6, 6.07) is 12.7. The Morgan fingerprint density at radius 2 is 1.71 bits per heavy atom. The van der Waals surface area contributed by atoms with Crippen LogP contribution in [0.25, 0.3) is 5.69 Å². The number of benzene rings is 1. The molecule has 1 aromatic carbocycles. The smallest absolute Gasteiger partial charge is 0.140 e. The molecule has 1 aliphatic rings. The largest absolute Gasteiger partial charge is 0.489 e. The lowest BCUT2D eigenvalue weighted by Gasteiger charge is -2.28. The highest BCUT2D eigenvalue weighted by Crippen LogP contribution is 2.35. The van der Waals surface area contributed by atoms with Crippen LogP contribution in [0.2, 0.25) is 0 Å². The van der Waals surface area contributed by atoms with Gasteiger partial charge in [0.25, 0.3) is 0 Å². The predicted molar refractivity (Wildman–Crippen MR) is 110 cm³/mol. The zero-order valence-corrected chi connectivity index (χ0v) is 16.9. The van der Waals surface area contributed by atoms with Gasteiger partial charge in [0.05, 0.1) is 12.3 Å². The number of nitrogens with zero attached hydrogens (tertiary/aromatic N) is 4. The molecule has 5 heteroatoms. The minimum absolute atomic E-state index is 0.252. The lowest BCUT2D eigenvalue weighted by Crippen LogP contribution is -2.24. The maximum atomic E-state index is 6.13. The molecule has 1 fully saturated rings. The summed E-state index contributed by atoms with van der Waals surface area (Å²) in [5.41, 5.74) is 3.51. The molecule has 0 radical (unpaired) electrons. The summed E-state index contributed by atoms with van der Waals surface area (Å²) in [5.74, 6) is 3.31. The average molecular weight is 377 g/mol. The number of rotatable bonds is 5. The van der Waals surface area contributed by atoms with Gasteiger partial charge in [0, 0.05) is 17.3 Å². The first-order chi connectivity index (χ1) is 13.6. The maximum Gasteiger partial charge on any atom is 0.140 e. The van der Waals surface area contributed by atoms with Gasteiger partial charge in [-0.1, -0.05) is 19.1 Å². The van der Waals surface area contributed by atoms with Crippen molar-refractivity contribution in [2.75, 3.05) is 0 Å². The zero-order chi connectivity index (χ0) is 19.5. The Labute approximate surface area is 166 Å². The second kappa shape index (κ2) is 8.13. The van der Waals surface area contributed by atoms with E-state index in [1.54, 1.807) is 0 Å². The van der Waals surface area contributed by atoms with Crippen molar-refractivity contribution in [1.29, 1.82) is 0 Å². The molecule has 28 heavy (non-hydrogen) atoms. The lowest BCUT2D eigenvalue weighted by atomic mass is 9.86. The molecule has 3 aromatic rings. The summed E-state index contributed by atoms with van der Waals surface area (Å²) >= 11 is 0. The Hall–Kier alpha value is -2.69. The summed E-state index contributed by atoms with van der Waals surface area (Å²) < 4.78 is 8.35. The van der Waals surface area contributed by atoms with Crippen LogP contribution in [0.4, 0.5) is 0 Å². The van der Waals surface area contributed by atoms with E-state index in [4.69, 9.17) is 4.74 Å². The molecule has 1 aliphatic carbocycles. The monoisotopic (exact) mass is 376 g/mol. The third-order valence-electron chi connectivity index (χ3n) is 5.68. The number of aryl methyl sites for hydroxylation is 3. The molecule has 146 valence electrons. The molecule has 4 rings (SSSR count). The highest BCUT2D eigenvalue weighted by atomic mass is 16.5. The van der Waals surface area contributed by atoms with Crippen molar-refractivity contribution in [3.05, 3.63) is 65.5 Å². The molecule has 0 bridgehead atoms. The molecule has 0 spiro atoms. The molecule has 0 atom stereocenters. The van der Waals surface area contributed by atoms with E-state index in [1.807, 2.05) is 32.2 Å². The topological polar surface area (TPSA) is 52.8 Å². The van der Waals surface area contributed by atoms with E-state index in [0.29, 0.717) is 5.92 Å². The van der Waals surface area contributed by atoms with Gasteiger partial charge in [-0.15, -0.1) is 10.2 Å². The highest BCUT2D eigenvalue weighted by Gasteiger charge is 2.28. The van der Waals surface area contributed by atoms with Crippen LogP contribution >= 0.6 is 0 Å². The van der Waals surface area contributed by atoms with Crippen LogP contribution in [-0.2, 0) is 6.42 Å². The van der Waals surface area contributed by atoms with Gasteiger partial charge >= 0.3 is 0 Å². The Morgan fingerprint density at radius 1 is 0.964 bits per heavy atom. The Kier molecular flexibility index (Phi) is 5.42. The minimum atomic E-state index is 0.252. The van der Waals surface area contributed by atoms with Gasteiger partial charge in [0.1, 0.15) is 17.4 Å². The predicted octanol–water partition coefficient (Wildman–Crippen LogP) is 4.95. The van der Waals surface area contributed by atoms with Crippen LogP contribution in [0, 0.1) is 13.8 Å². The second-order valence-electron chi connectivity index (χ2n) is 7.69. The van der Waals surface area contributed by atoms with Crippen molar-refractivity contribution >= 4 is 0 Å². The van der Waals surface area contributed by atoms with E-state index < -0.39 is 0 Å². The van der Waals surface area contributed by atoms with E-state index in [2.05, 4.69) is 50.9 Å². The number of pyridine rings is 1. The van der Waals surface area contributed by atoms with Gasteiger partial charge in [-0.05, 0) is 75.8 Å². The highest BCUT2D eigenvalue weighted by molar-refractivity contribution is 5.37. The zero-order valence-electron chi connectivity index (χ0n) is 16.9. The van der Waals surface area contributed by atoms with Gasteiger partial charge in [0.2, 0.25) is 0 Å². The minimum Gasteiger partial charge on any atom is -0.489 e. The summed E-state index contributed by atoms with van der Waals surface area (Å²) in [7, 11) is 0. The molecular weight excluding hydrogens is 348 g/mol. The van der Waals surface area contributed by atoms with Gasteiger partial charge in [-0.3, -0.25) is 9.55 Å². The lowest BCUT2D eigenvalue weighted by molar-refractivity contribution is 0.144. The quantitative estimate of drug-likeness (QED) is 0.632. The Balaban J connectivity index is 1.45. The molecule has 0 unspecified atom stereocenters. The third-order valence-corrected chi connectivity index (χ3v) is 5.68. The Bertz CT molecular complexity index is 907. The van der Waals surface area contributed by atoms with Crippen LogP contribution in [0.1, 0.15) is 61.4 Å². The fourth-order valence-electron chi connectivity index (χ4n) is 4.00. The third kappa shape index (κ3) is 3.93. The van der Waals surface area contributed by atoms with E-state index in [-0.39, 0.29) is 6.10 Å². The van der Waals surface area contributed by atoms with Crippen LogP contribution in [0.5, 0.6) is 5.75 Å². The number of hydrogen-bond donors (Lipinski definition) is 0. The molecule has 0 aliphatic heterocycles. The van der Waals surface area contributed by atoms with Crippen LogP contribution in [-0.4, -0.2) is 25.9 Å². The number of aromatic nitrogens is 4. The fourth-order valence-corrected chi connectivity index (χ4v) is 4.00. The number of ether oxygens (including phenoxy) is 1. The maximum absolute atomic E-state index is 6.13. The molecule has 0 saturated heterocycles. The first-order valence-electron chi connectivity index (χ1n) is 10.2. The van der Waals surface area contributed by atoms with Gasteiger partial charge in [0.15, 0.2) is 0 Å². The van der Waals surface area contributed by atoms with Gasteiger partial charge in [-0.25, -0.2) is 0 Å². The first kappa shape index (κ1) is 18.7. The fraction of sp³-hybridized carbons (Fsp3) is 0.435. The van der Waals surface area contributed by atoms with E-state index in [0.717, 1.165) is 60.9 Å². The SMILES string of the molecule is CCc1ccc(-n2c(C)nnc2[C@H]2CC[C@H](Oc3ccc(C)nc3)CC2)cc1. The van der Waals surface area contributed by atoms with Crippen molar-refractivity contribution in [3.8, 4) is 11.4 Å². The van der Waals surface area contributed by atoms with Crippen LogP contribution in [0.3, 0.4) is 0 Å². The second-order valence-corrected chi connectivity index (χ2v) is 7.69. The molecule has 1 saturated carbocycles. The van der Waals surface area contributed by atoms with Crippen molar-refractivity contribution in [1.82, 2.24) is 19.7 Å². The summed E-state index contributed by atoms with van der Waals surface area (Å²) in [5, 5.41) is 8.92. The average Bonchev–Trinajstić information content (AvgIpc) is 3.12. The van der Waals surface area contributed by atoms with Crippen molar-refractivity contribution in [2.24, 2.45) is 0 Å². The molecule has 2 aromatic heterocycles. The molecule has 2 heterocycles. The normalized spacial score (nSPS) is 19.5. The van der Waals surface area contributed by atoms with Gasteiger partial charge in [-0.2, -0.15) is 0 Å².